The van der Waals surface area contributed by atoms with Crippen molar-refractivity contribution in [1.29, 1.82) is 0 Å². The monoisotopic (exact) mass is 504 g/mol. The van der Waals surface area contributed by atoms with Crippen LogP contribution in [-0.4, -0.2) is 57.2 Å². The Morgan fingerprint density at radius 1 is 1.27 bits per heavy atom. The van der Waals surface area contributed by atoms with E-state index in [-0.39, 0.29) is 11.8 Å². The number of benzene rings is 1. The summed E-state index contributed by atoms with van der Waals surface area (Å²) in [6, 6.07) is 7.08. The molecule has 1 unspecified atom stereocenters. The average molecular weight is 505 g/mol. The predicted octanol–water partition coefficient (Wildman–Crippen LogP) is 4.47. The first-order chi connectivity index (χ1) is 17.6. The van der Waals surface area contributed by atoms with Gasteiger partial charge in [-0.15, -0.1) is 0 Å². The highest BCUT2D eigenvalue weighted by molar-refractivity contribution is 6.07. The maximum atomic E-state index is 13.4. The van der Waals surface area contributed by atoms with Gasteiger partial charge in [-0.3, -0.25) is 9.59 Å². The minimum atomic E-state index is -0.843. The third-order valence-corrected chi connectivity index (χ3v) is 7.05. The zero-order valence-corrected chi connectivity index (χ0v) is 21.8. The standard InChI is InChI=1S/C28H32N4O5/c1-16(2)13-28(35)9-11-31(15-28)27(34)21-14-32-25(17(21)3)22(8-10-30-32)37-19-6-7-20-23(12-19)36-18(4)24(20)26(33)29-5/h6-8,10,12,14,16,35H,9,11,13,15H2,1-5H3,(H,29,33). The number of aliphatic hydroxyl groups is 1. The highest BCUT2D eigenvalue weighted by atomic mass is 16.5. The second-order valence-corrected chi connectivity index (χ2v) is 10.3. The van der Waals surface area contributed by atoms with Crippen LogP contribution in [0.4, 0.5) is 0 Å². The van der Waals surface area contributed by atoms with Crippen molar-refractivity contribution in [2.45, 2.75) is 46.1 Å². The molecular formula is C28H32N4O5. The van der Waals surface area contributed by atoms with Crippen molar-refractivity contribution in [3.63, 3.8) is 0 Å². The first kappa shape index (κ1) is 24.8. The maximum absolute atomic E-state index is 13.4. The largest absolute Gasteiger partial charge is 0.460 e. The van der Waals surface area contributed by atoms with Crippen LogP contribution in [-0.2, 0) is 0 Å². The highest BCUT2D eigenvalue weighted by Crippen LogP contribution is 2.35. The van der Waals surface area contributed by atoms with Crippen molar-refractivity contribution in [3.05, 3.63) is 59.1 Å². The molecule has 37 heavy (non-hydrogen) atoms. The molecule has 9 heteroatoms. The fourth-order valence-electron chi connectivity index (χ4n) is 5.45. The molecule has 1 aliphatic rings. The summed E-state index contributed by atoms with van der Waals surface area (Å²) in [7, 11) is 1.58. The molecule has 0 bridgehead atoms. The van der Waals surface area contributed by atoms with Gasteiger partial charge in [0.1, 0.15) is 22.6 Å². The van der Waals surface area contributed by atoms with Gasteiger partial charge in [-0.05, 0) is 50.3 Å². The van der Waals surface area contributed by atoms with Crippen molar-refractivity contribution < 1.29 is 23.8 Å². The van der Waals surface area contributed by atoms with Crippen molar-refractivity contribution >= 4 is 28.3 Å². The van der Waals surface area contributed by atoms with Gasteiger partial charge in [-0.1, -0.05) is 13.8 Å². The van der Waals surface area contributed by atoms with Crippen LogP contribution in [0.2, 0.25) is 0 Å². The predicted molar refractivity (Wildman–Crippen MR) is 139 cm³/mol. The second kappa shape index (κ2) is 9.23. The fourth-order valence-corrected chi connectivity index (χ4v) is 5.45. The Balaban J connectivity index is 1.44. The number of carbonyl (C=O) groups excluding carboxylic acids is 2. The first-order valence-corrected chi connectivity index (χ1v) is 12.5. The van der Waals surface area contributed by atoms with Crippen LogP contribution in [0.1, 0.15) is 58.7 Å². The molecule has 5 rings (SSSR count). The Kier molecular flexibility index (Phi) is 6.19. The fraction of sp³-hybridized carbons (Fsp3) is 0.393. The van der Waals surface area contributed by atoms with Crippen molar-refractivity contribution in [2.75, 3.05) is 20.1 Å². The van der Waals surface area contributed by atoms with Gasteiger partial charge >= 0.3 is 0 Å². The molecule has 9 nitrogen and oxygen atoms in total. The molecule has 2 amide bonds. The van der Waals surface area contributed by atoms with Crippen LogP contribution in [0.5, 0.6) is 11.5 Å². The molecule has 1 aromatic carbocycles. The van der Waals surface area contributed by atoms with Gasteiger partial charge in [0, 0.05) is 43.9 Å². The number of furan rings is 1. The molecule has 1 saturated heterocycles. The minimum Gasteiger partial charge on any atom is -0.460 e. The van der Waals surface area contributed by atoms with Crippen LogP contribution in [0, 0.1) is 19.8 Å². The number of rotatable bonds is 6. The Morgan fingerprint density at radius 2 is 2.05 bits per heavy atom. The van der Waals surface area contributed by atoms with Crippen molar-refractivity contribution in [1.82, 2.24) is 19.8 Å². The van der Waals surface area contributed by atoms with Crippen LogP contribution < -0.4 is 10.1 Å². The topological polar surface area (TPSA) is 109 Å². The van der Waals surface area contributed by atoms with E-state index in [9.17, 15) is 14.7 Å². The number of β-amino-alcohol motifs (C(OH)–C–C–N with tert-alkyl or cyclic N) is 1. The number of nitrogens with one attached hydrogen (secondary N) is 1. The number of ether oxygens (including phenoxy) is 1. The van der Waals surface area contributed by atoms with Crippen molar-refractivity contribution in [3.8, 4) is 11.5 Å². The summed E-state index contributed by atoms with van der Waals surface area (Å²) in [6.45, 7) is 8.63. The van der Waals surface area contributed by atoms with E-state index in [1.807, 2.05) is 6.92 Å². The van der Waals surface area contributed by atoms with Gasteiger partial charge in [0.05, 0.1) is 22.9 Å². The zero-order chi connectivity index (χ0) is 26.5. The summed E-state index contributed by atoms with van der Waals surface area (Å²) in [5.41, 5.74) is 2.18. The zero-order valence-electron chi connectivity index (χ0n) is 21.8. The molecule has 3 aromatic heterocycles. The van der Waals surface area contributed by atoms with E-state index in [1.54, 1.807) is 60.0 Å². The SMILES string of the molecule is CNC(=O)c1c(C)oc2cc(Oc3ccnn4cc(C(=O)N5CCC(O)(CC(C)C)C5)c(C)c34)ccc12. The maximum Gasteiger partial charge on any atom is 0.255 e. The summed E-state index contributed by atoms with van der Waals surface area (Å²) < 4.78 is 13.7. The number of aryl methyl sites for hydroxylation is 2. The van der Waals surface area contributed by atoms with E-state index in [4.69, 9.17) is 9.15 Å². The first-order valence-electron chi connectivity index (χ1n) is 12.5. The Morgan fingerprint density at radius 3 is 2.78 bits per heavy atom. The van der Waals surface area contributed by atoms with Gasteiger partial charge in [-0.2, -0.15) is 5.10 Å². The Hall–Kier alpha value is -3.85. The lowest BCUT2D eigenvalue weighted by atomic mass is 9.92. The molecule has 1 fully saturated rings. The molecule has 0 aliphatic carbocycles. The summed E-state index contributed by atoms with van der Waals surface area (Å²) in [6.07, 6.45) is 4.57. The molecule has 4 aromatic rings. The van der Waals surface area contributed by atoms with Crippen LogP contribution in [0.25, 0.3) is 16.5 Å². The molecule has 0 spiro atoms. The van der Waals surface area contributed by atoms with Gasteiger partial charge in [0.2, 0.25) is 0 Å². The molecule has 0 saturated carbocycles. The smallest absolute Gasteiger partial charge is 0.255 e. The minimum absolute atomic E-state index is 0.122. The van der Waals surface area contributed by atoms with E-state index in [0.29, 0.717) is 76.7 Å². The summed E-state index contributed by atoms with van der Waals surface area (Å²) >= 11 is 0. The summed E-state index contributed by atoms with van der Waals surface area (Å²) in [5.74, 6) is 1.63. The molecule has 194 valence electrons. The molecule has 1 aliphatic heterocycles. The van der Waals surface area contributed by atoms with Crippen LogP contribution in [0.3, 0.4) is 0 Å². The lowest BCUT2D eigenvalue weighted by Gasteiger charge is -2.25. The van der Waals surface area contributed by atoms with Gasteiger partial charge in [-0.25, -0.2) is 4.52 Å². The van der Waals surface area contributed by atoms with E-state index < -0.39 is 5.60 Å². The molecule has 1 atom stereocenters. The third kappa shape index (κ3) is 4.44. The van der Waals surface area contributed by atoms with E-state index in [0.717, 1.165) is 5.56 Å². The summed E-state index contributed by atoms with van der Waals surface area (Å²) in [5, 5.41) is 18.7. The van der Waals surface area contributed by atoms with Gasteiger partial charge in [0.15, 0.2) is 5.75 Å². The molecule has 4 heterocycles. The van der Waals surface area contributed by atoms with E-state index in [2.05, 4.69) is 24.3 Å². The number of hydrogen-bond acceptors (Lipinski definition) is 6. The number of aromatic nitrogens is 2. The van der Waals surface area contributed by atoms with Gasteiger partial charge in [0.25, 0.3) is 11.8 Å². The third-order valence-electron chi connectivity index (χ3n) is 7.05. The van der Waals surface area contributed by atoms with E-state index in [1.165, 1.54) is 0 Å². The number of likely N-dealkylation sites (tertiary alicyclic amines) is 1. The molecular weight excluding hydrogens is 472 g/mol. The van der Waals surface area contributed by atoms with Crippen LogP contribution >= 0.6 is 0 Å². The molecule has 2 N–H and O–H groups in total. The number of amides is 2. The Bertz CT molecular complexity index is 1520. The average Bonchev–Trinajstić information content (AvgIpc) is 3.50. The lowest BCUT2D eigenvalue weighted by Crippen LogP contribution is -2.37. The number of nitrogens with zero attached hydrogens (tertiary/aromatic N) is 3. The normalized spacial score (nSPS) is 17.8. The van der Waals surface area contributed by atoms with E-state index >= 15 is 0 Å². The highest BCUT2D eigenvalue weighted by Gasteiger charge is 2.39. The quantitative estimate of drug-likeness (QED) is 0.401. The second-order valence-electron chi connectivity index (χ2n) is 10.3. The molecule has 0 radical (unpaired) electrons. The number of hydrogen-bond donors (Lipinski definition) is 2. The summed E-state index contributed by atoms with van der Waals surface area (Å²) in [4.78, 5) is 27.4. The lowest BCUT2D eigenvalue weighted by molar-refractivity contribution is 0.0273. The number of carbonyl (C=O) groups is 2. The Labute approximate surface area is 215 Å². The van der Waals surface area contributed by atoms with Gasteiger partial charge < -0.3 is 24.5 Å². The van der Waals surface area contributed by atoms with Crippen molar-refractivity contribution in [2.24, 2.45) is 5.92 Å². The number of fused-ring (bicyclic) bond motifs is 2. The van der Waals surface area contributed by atoms with Crippen LogP contribution in [0.15, 0.2) is 41.1 Å².